The number of halogens is 1. The van der Waals surface area contributed by atoms with Crippen molar-refractivity contribution in [2.45, 2.75) is 6.92 Å². The van der Waals surface area contributed by atoms with Gasteiger partial charge in [-0.15, -0.1) is 5.10 Å². The SMILES string of the molecule is Cc1ccc(-n2ncc(Br)c2N)nn1. The summed E-state index contributed by atoms with van der Waals surface area (Å²) in [4.78, 5) is 0. The molecule has 0 radical (unpaired) electrons. The lowest BCUT2D eigenvalue weighted by Gasteiger charge is -2.01. The number of aromatic nitrogens is 4. The fraction of sp³-hybridized carbons (Fsp3) is 0.125. The first-order valence-corrected chi connectivity index (χ1v) is 4.77. The van der Waals surface area contributed by atoms with E-state index in [4.69, 9.17) is 5.73 Å². The zero-order chi connectivity index (χ0) is 10.1. The van der Waals surface area contributed by atoms with E-state index in [0.717, 1.165) is 10.2 Å². The van der Waals surface area contributed by atoms with E-state index in [0.29, 0.717) is 11.6 Å². The van der Waals surface area contributed by atoms with Crippen LogP contribution in [-0.2, 0) is 0 Å². The first-order chi connectivity index (χ1) is 6.68. The van der Waals surface area contributed by atoms with Gasteiger partial charge in [-0.2, -0.15) is 14.9 Å². The van der Waals surface area contributed by atoms with Crippen LogP contribution in [0.25, 0.3) is 5.82 Å². The average molecular weight is 254 g/mol. The molecule has 0 unspecified atom stereocenters. The molecular formula is C8H8BrN5. The van der Waals surface area contributed by atoms with Crippen LogP contribution in [-0.4, -0.2) is 20.0 Å². The number of hydrogen-bond acceptors (Lipinski definition) is 4. The molecule has 72 valence electrons. The third kappa shape index (κ3) is 1.48. The van der Waals surface area contributed by atoms with E-state index < -0.39 is 0 Å². The van der Waals surface area contributed by atoms with Crippen LogP contribution in [0.5, 0.6) is 0 Å². The van der Waals surface area contributed by atoms with E-state index >= 15 is 0 Å². The Morgan fingerprint density at radius 3 is 2.64 bits per heavy atom. The summed E-state index contributed by atoms with van der Waals surface area (Å²) < 4.78 is 2.27. The predicted octanol–water partition coefficient (Wildman–Crippen LogP) is 1.32. The maximum atomic E-state index is 5.76. The highest BCUT2D eigenvalue weighted by Gasteiger charge is 2.07. The van der Waals surface area contributed by atoms with Gasteiger partial charge in [0.05, 0.1) is 16.4 Å². The fourth-order valence-electron chi connectivity index (χ4n) is 1.03. The van der Waals surface area contributed by atoms with Gasteiger partial charge in [-0.05, 0) is 35.0 Å². The van der Waals surface area contributed by atoms with E-state index in [1.54, 1.807) is 6.20 Å². The summed E-state index contributed by atoms with van der Waals surface area (Å²) in [5.74, 6) is 1.13. The smallest absolute Gasteiger partial charge is 0.178 e. The summed E-state index contributed by atoms with van der Waals surface area (Å²) in [5, 5.41) is 12.0. The van der Waals surface area contributed by atoms with Crippen LogP contribution in [0.2, 0.25) is 0 Å². The number of nitrogens with two attached hydrogens (primary N) is 1. The summed E-state index contributed by atoms with van der Waals surface area (Å²) >= 11 is 3.27. The molecule has 0 fully saturated rings. The molecule has 2 heterocycles. The lowest BCUT2D eigenvalue weighted by atomic mass is 10.4. The highest BCUT2D eigenvalue weighted by molar-refractivity contribution is 9.10. The molecule has 0 amide bonds. The van der Waals surface area contributed by atoms with Gasteiger partial charge in [0, 0.05) is 0 Å². The molecule has 0 atom stereocenters. The topological polar surface area (TPSA) is 69.6 Å². The maximum Gasteiger partial charge on any atom is 0.178 e. The highest BCUT2D eigenvalue weighted by Crippen LogP contribution is 2.20. The van der Waals surface area contributed by atoms with Crippen molar-refractivity contribution in [3.63, 3.8) is 0 Å². The summed E-state index contributed by atoms with van der Waals surface area (Å²) in [6.07, 6.45) is 1.62. The number of anilines is 1. The molecule has 0 bridgehead atoms. The Kier molecular flexibility index (Phi) is 2.20. The number of rotatable bonds is 1. The summed E-state index contributed by atoms with van der Waals surface area (Å²) in [6.45, 7) is 1.87. The lowest BCUT2D eigenvalue weighted by Crippen LogP contribution is -2.05. The molecule has 2 N–H and O–H groups in total. The minimum Gasteiger partial charge on any atom is -0.383 e. The minimum absolute atomic E-state index is 0.517. The molecule has 2 rings (SSSR count). The van der Waals surface area contributed by atoms with Gasteiger partial charge in [0.2, 0.25) is 0 Å². The Hall–Kier alpha value is -1.43. The zero-order valence-electron chi connectivity index (χ0n) is 7.48. The van der Waals surface area contributed by atoms with E-state index in [1.807, 2.05) is 19.1 Å². The highest BCUT2D eigenvalue weighted by atomic mass is 79.9. The molecule has 2 aromatic rings. The standard InChI is InChI=1S/C8H8BrN5/c1-5-2-3-7(13-12-5)14-8(10)6(9)4-11-14/h2-4H,10H2,1H3. The first kappa shape index (κ1) is 9.14. The monoisotopic (exact) mass is 253 g/mol. The molecule has 0 saturated heterocycles. The second-order valence-corrected chi connectivity index (χ2v) is 3.68. The molecule has 6 heteroatoms. The van der Waals surface area contributed by atoms with Gasteiger partial charge in [0.25, 0.3) is 0 Å². The van der Waals surface area contributed by atoms with Crippen LogP contribution >= 0.6 is 15.9 Å². The van der Waals surface area contributed by atoms with Gasteiger partial charge in [0.15, 0.2) is 5.82 Å². The van der Waals surface area contributed by atoms with Crippen molar-refractivity contribution >= 4 is 21.7 Å². The summed E-state index contributed by atoms with van der Waals surface area (Å²) in [6, 6.07) is 3.68. The Morgan fingerprint density at radius 1 is 1.36 bits per heavy atom. The van der Waals surface area contributed by atoms with Crippen molar-refractivity contribution in [2.24, 2.45) is 0 Å². The van der Waals surface area contributed by atoms with Crippen molar-refractivity contribution in [1.29, 1.82) is 0 Å². The lowest BCUT2D eigenvalue weighted by molar-refractivity contribution is 0.814. The molecule has 5 nitrogen and oxygen atoms in total. The van der Waals surface area contributed by atoms with E-state index in [-0.39, 0.29) is 0 Å². The molecule has 2 aromatic heterocycles. The van der Waals surface area contributed by atoms with Crippen molar-refractivity contribution in [2.75, 3.05) is 5.73 Å². The molecule has 0 spiro atoms. The van der Waals surface area contributed by atoms with Gasteiger partial charge in [0.1, 0.15) is 5.82 Å². The molecule has 0 aliphatic rings. The van der Waals surface area contributed by atoms with Gasteiger partial charge < -0.3 is 5.73 Å². The Bertz CT molecular complexity index is 447. The van der Waals surface area contributed by atoms with Crippen LogP contribution < -0.4 is 5.73 Å². The quantitative estimate of drug-likeness (QED) is 0.833. The summed E-state index contributed by atoms with van der Waals surface area (Å²) in [7, 11) is 0. The Morgan fingerprint density at radius 2 is 2.14 bits per heavy atom. The van der Waals surface area contributed by atoms with Crippen LogP contribution in [0.4, 0.5) is 5.82 Å². The molecular weight excluding hydrogens is 246 g/mol. The van der Waals surface area contributed by atoms with E-state index in [9.17, 15) is 0 Å². The average Bonchev–Trinajstić information content (AvgIpc) is 2.50. The van der Waals surface area contributed by atoms with E-state index in [1.165, 1.54) is 4.68 Å². The predicted molar refractivity (Wildman–Crippen MR) is 56.0 cm³/mol. The van der Waals surface area contributed by atoms with Crippen molar-refractivity contribution in [3.8, 4) is 5.82 Å². The third-order valence-electron chi connectivity index (χ3n) is 1.76. The van der Waals surface area contributed by atoms with Gasteiger partial charge >= 0.3 is 0 Å². The first-order valence-electron chi connectivity index (χ1n) is 3.98. The summed E-state index contributed by atoms with van der Waals surface area (Å²) in [5.41, 5.74) is 6.62. The van der Waals surface area contributed by atoms with Crippen LogP contribution in [0, 0.1) is 6.92 Å². The van der Waals surface area contributed by atoms with Gasteiger partial charge in [-0.3, -0.25) is 0 Å². The van der Waals surface area contributed by atoms with E-state index in [2.05, 4.69) is 31.2 Å². The number of hydrogen-bond donors (Lipinski definition) is 1. The van der Waals surface area contributed by atoms with Crippen molar-refractivity contribution in [1.82, 2.24) is 20.0 Å². The molecule has 14 heavy (non-hydrogen) atoms. The maximum absolute atomic E-state index is 5.76. The number of aryl methyl sites for hydroxylation is 1. The molecule has 0 aromatic carbocycles. The van der Waals surface area contributed by atoms with Crippen LogP contribution in [0.1, 0.15) is 5.69 Å². The number of nitrogens with zero attached hydrogens (tertiary/aromatic N) is 4. The Balaban J connectivity index is 2.49. The largest absolute Gasteiger partial charge is 0.383 e. The second kappa shape index (κ2) is 3.38. The molecule has 0 saturated carbocycles. The van der Waals surface area contributed by atoms with Gasteiger partial charge in [-0.1, -0.05) is 0 Å². The van der Waals surface area contributed by atoms with Crippen molar-refractivity contribution in [3.05, 3.63) is 28.5 Å². The normalized spacial score (nSPS) is 10.4. The Labute approximate surface area is 89.1 Å². The number of nitrogen functional groups attached to an aromatic ring is 1. The zero-order valence-corrected chi connectivity index (χ0v) is 9.06. The molecule has 0 aliphatic heterocycles. The van der Waals surface area contributed by atoms with Crippen LogP contribution in [0.3, 0.4) is 0 Å². The fourth-order valence-corrected chi connectivity index (χ4v) is 1.28. The van der Waals surface area contributed by atoms with Crippen LogP contribution in [0.15, 0.2) is 22.8 Å². The van der Waals surface area contributed by atoms with Gasteiger partial charge in [-0.25, -0.2) is 0 Å². The second-order valence-electron chi connectivity index (χ2n) is 2.82. The molecule has 0 aliphatic carbocycles. The third-order valence-corrected chi connectivity index (χ3v) is 2.37. The van der Waals surface area contributed by atoms with Crippen molar-refractivity contribution < 1.29 is 0 Å². The minimum atomic E-state index is 0.517.